The number of likely N-dealkylation sites (N-methyl/N-ethyl adjacent to an activating group) is 1. The number of para-hydroxylation sites is 1. The lowest BCUT2D eigenvalue weighted by molar-refractivity contribution is -0.909. The topological polar surface area (TPSA) is 46.4 Å². The number of likely N-dealkylation sites (tertiary alicyclic amines) is 1. The van der Waals surface area contributed by atoms with Crippen LogP contribution in [0.2, 0.25) is 0 Å². The van der Waals surface area contributed by atoms with Gasteiger partial charge in [0.15, 0.2) is 0 Å². The zero-order valence-electron chi connectivity index (χ0n) is 17.6. The molecule has 1 aliphatic heterocycles. The maximum Gasteiger partial charge on any atom is 0.252 e. The van der Waals surface area contributed by atoms with Crippen molar-refractivity contribution in [2.75, 3.05) is 19.6 Å². The van der Waals surface area contributed by atoms with Gasteiger partial charge in [-0.3, -0.25) is 4.79 Å². The van der Waals surface area contributed by atoms with Gasteiger partial charge in [-0.1, -0.05) is 30.3 Å². The minimum atomic E-state index is -0.00367. The number of benzene rings is 2. The third-order valence-corrected chi connectivity index (χ3v) is 6.35. The average Bonchev–Trinajstić information content (AvgIpc) is 3.20. The Hall–Kier alpha value is -2.72. The van der Waals surface area contributed by atoms with Crippen LogP contribution in [0.15, 0.2) is 48.5 Å². The SMILES string of the molecule is CC[NH+]1CCCC1CNC(=O)c1cc(-c2ccc(C)c(C)c2)nc2ccccc12. The molecule has 0 saturated carbocycles. The van der Waals surface area contributed by atoms with Gasteiger partial charge in [-0.15, -0.1) is 0 Å². The van der Waals surface area contributed by atoms with Gasteiger partial charge in [-0.2, -0.15) is 0 Å². The fraction of sp³-hybridized carbons (Fsp3) is 0.360. The quantitative estimate of drug-likeness (QED) is 0.704. The molecular weight excluding hydrogens is 358 g/mol. The van der Waals surface area contributed by atoms with Crippen molar-refractivity contribution < 1.29 is 9.69 Å². The van der Waals surface area contributed by atoms with Gasteiger partial charge >= 0.3 is 0 Å². The first kappa shape index (κ1) is 19.6. The summed E-state index contributed by atoms with van der Waals surface area (Å²) in [5.41, 5.74) is 5.94. The molecule has 2 aromatic carbocycles. The van der Waals surface area contributed by atoms with E-state index in [1.54, 1.807) is 4.90 Å². The molecule has 4 rings (SSSR count). The number of amides is 1. The molecule has 4 nitrogen and oxygen atoms in total. The van der Waals surface area contributed by atoms with Crippen LogP contribution in [0.25, 0.3) is 22.2 Å². The number of fused-ring (bicyclic) bond motifs is 1. The molecule has 2 heterocycles. The summed E-state index contributed by atoms with van der Waals surface area (Å²) in [5, 5.41) is 4.12. The first-order valence-electron chi connectivity index (χ1n) is 10.7. The van der Waals surface area contributed by atoms with E-state index >= 15 is 0 Å². The molecule has 150 valence electrons. The number of aromatic nitrogens is 1. The summed E-state index contributed by atoms with van der Waals surface area (Å²) in [5.74, 6) is -0.00367. The summed E-state index contributed by atoms with van der Waals surface area (Å²) in [6.45, 7) is 9.51. The second kappa shape index (κ2) is 8.34. The molecule has 2 N–H and O–H groups in total. The van der Waals surface area contributed by atoms with Crippen molar-refractivity contribution in [3.05, 3.63) is 65.2 Å². The van der Waals surface area contributed by atoms with Gasteiger partial charge in [-0.05, 0) is 50.1 Å². The molecule has 1 saturated heterocycles. The van der Waals surface area contributed by atoms with Crippen molar-refractivity contribution in [3.8, 4) is 11.3 Å². The monoisotopic (exact) mass is 388 g/mol. The molecule has 1 fully saturated rings. The van der Waals surface area contributed by atoms with Crippen LogP contribution in [0, 0.1) is 13.8 Å². The number of rotatable bonds is 5. The van der Waals surface area contributed by atoms with E-state index in [0.29, 0.717) is 11.6 Å². The minimum absolute atomic E-state index is 0.00367. The molecule has 0 bridgehead atoms. The second-order valence-corrected chi connectivity index (χ2v) is 8.18. The smallest absolute Gasteiger partial charge is 0.252 e. The van der Waals surface area contributed by atoms with Crippen molar-refractivity contribution in [1.29, 1.82) is 0 Å². The van der Waals surface area contributed by atoms with Crippen LogP contribution in [0.3, 0.4) is 0 Å². The van der Waals surface area contributed by atoms with Gasteiger partial charge in [-0.25, -0.2) is 4.98 Å². The van der Waals surface area contributed by atoms with Crippen molar-refractivity contribution in [2.45, 2.75) is 39.7 Å². The molecule has 29 heavy (non-hydrogen) atoms. The van der Waals surface area contributed by atoms with Crippen molar-refractivity contribution in [2.24, 2.45) is 0 Å². The summed E-state index contributed by atoms with van der Waals surface area (Å²) < 4.78 is 0. The van der Waals surface area contributed by atoms with Crippen LogP contribution < -0.4 is 10.2 Å². The Balaban J connectivity index is 1.67. The highest BCUT2D eigenvalue weighted by Crippen LogP contribution is 2.26. The molecule has 1 aliphatic rings. The molecular formula is C25H30N3O+. The summed E-state index contributed by atoms with van der Waals surface area (Å²) in [4.78, 5) is 19.6. The molecule has 1 amide bonds. The Morgan fingerprint density at radius 3 is 2.76 bits per heavy atom. The Kier molecular flexibility index (Phi) is 5.63. The van der Waals surface area contributed by atoms with Gasteiger partial charge in [0.05, 0.1) is 36.4 Å². The van der Waals surface area contributed by atoms with E-state index < -0.39 is 0 Å². The molecule has 2 atom stereocenters. The van der Waals surface area contributed by atoms with E-state index in [1.165, 1.54) is 30.5 Å². The molecule has 2 unspecified atom stereocenters. The van der Waals surface area contributed by atoms with Crippen molar-refractivity contribution >= 4 is 16.8 Å². The van der Waals surface area contributed by atoms with Crippen LogP contribution in [0.1, 0.15) is 41.3 Å². The lowest BCUT2D eigenvalue weighted by Gasteiger charge is -2.20. The minimum Gasteiger partial charge on any atom is -0.346 e. The molecule has 0 spiro atoms. The molecule has 3 aromatic rings. The van der Waals surface area contributed by atoms with Crippen LogP contribution >= 0.6 is 0 Å². The predicted molar refractivity (Wildman–Crippen MR) is 118 cm³/mol. The Bertz CT molecular complexity index is 1040. The fourth-order valence-corrected chi connectivity index (χ4v) is 4.42. The number of carbonyl (C=O) groups is 1. The highest BCUT2D eigenvalue weighted by molar-refractivity contribution is 6.07. The summed E-state index contributed by atoms with van der Waals surface area (Å²) in [7, 11) is 0. The second-order valence-electron chi connectivity index (χ2n) is 8.18. The number of hydrogen-bond donors (Lipinski definition) is 2. The normalized spacial score (nSPS) is 18.9. The first-order valence-corrected chi connectivity index (χ1v) is 10.7. The zero-order valence-corrected chi connectivity index (χ0v) is 17.6. The number of nitrogens with zero attached hydrogens (tertiary/aromatic N) is 1. The highest BCUT2D eigenvalue weighted by Gasteiger charge is 2.27. The van der Waals surface area contributed by atoms with Crippen LogP contribution in [-0.4, -0.2) is 36.6 Å². The maximum atomic E-state index is 13.2. The third kappa shape index (κ3) is 4.03. The van der Waals surface area contributed by atoms with Crippen LogP contribution in [0.5, 0.6) is 0 Å². The van der Waals surface area contributed by atoms with Crippen LogP contribution in [0.4, 0.5) is 0 Å². The van der Waals surface area contributed by atoms with Crippen molar-refractivity contribution in [3.63, 3.8) is 0 Å². The molecule has 0 aliphatic carbocycles. The maximum absolute atomic E-state index is 13.2. The van der Waals surface area contributed by atoms with E-state index in [1.807, 2.05) is 30.3 Å². The van der Waals surface area contributed by atoms with E-state index in [0.717, 1.165) is 35.2 Å². The van der Waals surface area contributed by atoms with E-state index in [9.17, 15) is 4.79 Å². The van der Waals surface area contributed by atoms with Crippen molar-refractivity contribution in [1.82, 2.24) is 10.3 Å². The van der Waals surface area contributed by atoms with Gasteiger partial charge in [0.1, 0.15) is 6.04 Å². The van der Waals surface area contributed by atoms with Gasteiger partial charge in [0.25, 0.3) is 5.91 Å². The Morgan fingerprint density at radius 1 is 1.14 bits per heavy atom. The Morgan fingerprint density at radius 2 is 1.97 bits per heavy atom. The lowest BCUT2D eigenvalue weighted by Crippen LogP contribution is -3.14. The summed E-state index contributed by atoms with van der Waals surface area (Å²) in [6, 6.07) is 16.7. The largest absolute Gasteiger partial charge is 0.346 e. The third-order valence-electron chi connectivity index (χ3n) is 6.35. The first-order chi connectivity index (χ1) is 14.1. The Labute approximate surface area is 173 Å². The molecule has 1 aromatic heterocycles. The van der Waals surface area contributed by atoms with Gasteiger partial charge in [0.2, 0.25) is 0 Å². The standard InChI is InChI=1S/C25H29N3O/c1-4-28-13-7-8-20(28)16-26-25(29)22-15-24(19-12-11-17(2)18(3)14-19)27-23-10-6-5-9-21(22)23/h5-6,9-12,14-15,20H,4,7-8,13,16H2,1-3H3,(H,26,29)/p+1. The highest BCUT2D eigenvalue weighted by atomic mass is 16.1. The number of carbonyl (C=O) groups excluding carboxylic acids is 1. The summed E-state index contributed by atoms with van der Waals surface area (Å²) >= 11 is 0. The molecule has 4 heteroatoms. The van der Waals surface area contributed by atoms with E-state index in [2.05, 4.69) is 44.3 Å². The number of aryl methyl sites for hydroxylation is 2. The fourth-order valence-electron chi connectivity index (χ4n) is 4.42. The number of pyridine rings is 1. The predicted octanol–water partition coefficient (Wildman–Crippen LogP) is 3.32. The van der Waals surface area contributed by atoms with Gasteiger partial charge in [0, 0.05) is 23.8 Å². The van der Waals surface area contributed by atoms with Gasteiger partial charge < -0.3 is 10.2 Å². The number of nitrogens with one attached hydrogen (secondary N) is 2. The zero-order chi connectivity index (χ0) is 20.4. The number of hydrogen-bond acceptors (Lipinski definition) is 2. The lowest BCUT2D eigenvalue weighted by atomic mass is 10.0. The van der Waals surface area contributed by atoms with E-state index in [-0.39, 0.29) is 5.91 Å². The van der Waals surface area contributed by atoms with Crippen LogP contribution in [-0.2, 0) is 0 Å². The average molecular weight is 389 g/mol. The molecule has 0 radical (unpaired) electrons. The summed E-state index contributed by atoms with van der Waals surface area (Å²) in [6.07, 6.45) is 2.44. The van der Waals surface area contributed by atoms with E-state index in [4.69, 9.17) is 4.98 Å². The number of quaternary nitrogens is 1.